The van der Waals surface area contributed by atoms with Gasteiger partial charge in [-0.2, -0.15) is 0 Å². The van der Waals surface area contributed by atoms with E-state index in [1.807, 2.05) is 18.2 Å². The fourth-order valence-electron chi connectivity index (χ4n) is 3.38. The summed E-state index contributed by atoms with van der Waals surface area (Å²) >= 11 is 5.89. The molecule has 138 valence electrons. The summed E-state index contributed by atoms with van der Waals surface area (Å²) in [6.07, 6.45) is 1.45. The van der Waals surface area contributed by atoms with Crippen LogP contribution < -0.4 is 9.30 Å². The monoisotopic (exact) mass is 373 g/mol. The molecule has 3 aromatic rings. The molecule has 0 aliphatic heterocycles. The van der Waals surface area contributed by atoms with Gasteiger partial charge in [-0.1, -0.05) is 30.7 Å². The van der Waals surface area contributed by atoms with Crippen LogP contribution in [0.1, 0.15) is 26.1 Å². The van der Waals surface area contributed by atoms with Crippen LogP contribution in [-0.2, 0) is 19.5 Å². The summed E-state index contributed by atoms with van der Waals surface area (Å²) in [6.45, 7) is 6.01. The van der Waals surface area contributed by atoms with E-state index in [0.717, 1.165) is 24.9 Å². The van der Waals surface area contributed by atoms with Crippen LogP contribution in [0.4, 0.5) is 0 Å². The smallest absolute Gasteiger partial charge is 0.257 e. The topological polar surface area (TPSA) is 38.3 Å². The lowest BCUT2D eigenvalue weighted by Gasteiger charge is -2.12. The first-order valence-corrected chi connectivity index (χ1v) is 9.58. The van der Waals surface area contributed by atoms with Crippen LogP contribution in [0.3, 0.4) is 0 Å². The second-order valence-corrected chi connectivity index (χ2v) is 6.86. The van der Waals surface area contributed by atoms with Crippen LogP contribution in [0.15, 0.2) is 48.5 Å². The van der Waals surface area contributed by atoms with Crippen LogP contribution in [-0.4, -0.2) is 22.4 Å². The first-order valence-electron chi connectivity index (χ1n) is 9.20. The van der Waals surface area contributed by atoms with Gasteiger partial charge in [0.2, 0.25) is 0 Å². The maximum absolute atomic E-state index is 10.6. The number of benzene rings is 2. The molecule has 0 bridgehead atoms. The highest BCUT2D eigenvalue weighted by Crippen LogP contribution is 2.17. The van der Waals surface area contributed by atoms with Gasteiger partial charge in [0.25, 0.3) is 5.82 Å². The number of para-hydroxylation sites is 2. The Labute approximate surface area is 159 Å². The zero-order valence-electron chi connectivity index (χ0n) is 15.4. The molecule has 0 unspecified atom stereocenters. The van der Waals surface area contributed by atoms with Crippen LogP contribution in [0.2, 0.25) is 5.02 Å². The molecule has 0 amide bonds. The first kappa shape index (κ1) is 18.7. The van der Waals surface area contributed by atoms with Gasteiger partial charge in [0.05, 0.1) is 6.54 Å². The van der Waals surface area contributed by atoms with Crippen LogP contribution >= 0.6 is 11.6 Å². The molecule has 0 saturated heterocycles. The average Bonchev–Trinajstić information content (AvgIpc) is 2.94. The Balaban J connectivity index is 1.80. The van der Waals surface area contributed by atoms with E-state index in [4.69, 9.17) is 16.3 Å². The predicted octanol–water partition coefficient (Wildman–Crippen LogP) is 3.99. The number of imidazole rings is 1. The summed E-state index contributed by atoms with van der Waals surface area (Å²) in [5, 5.41) is 11.2. The highest BCUT2D eigenvalue weighted by atomic mass is 35.5. The van der Waals surface area contributed by atoms with Gasteiger partial charge >= 0.3 is 0 Å². The van der Waals surface area contributed by atoms with Crippen molar-refractivity contribution >= 4 is 22.6 Å². The number of hydrogen-bond donors (Lipinski definition) is 1. The zero-order chi connectivity index (χ0) is 18.5. The molecule has 2 aromatic carbocycles. The number of fused-ring (bicyclic) bond motifs is 1. The number of aliphatic hydroxyl groups excluding tert-OH is 1. The number of rotatable bonds is 8. The van der Waals surface area contributed by atoms with Crippen LogP contribution in [0.5, 0.6) is 5.75 Å². The largest absolute Gasteiger partial charge is 0.491 e. The summed E-state index contributed by atoms with van der Waals surface area (Å²) in [5.74, 6) is 1.96. The summed E-state index contributed by atoms with van der Waals surface area (Å²) in [5.41, 5.74) is 2.37. The molecule has 5 heteroatoms. The summed E-state index contributed by atoms with van der Waals surface area (Å²) < 4.78 is 10.3. The van der Waals surface area contributed by atoms with E-state index in [1.165, 1.54) is 11.3 Å². The number of aliphatic hydroxyl groups is 1. The van der Waals surface area contributed by atoms with Gasteiger partial charge in [0, 0.05) is 11.4 Å². The number of nitrogens with zero attached hydrogens (tertiary/aromatic N) is 2. The van der Waals surface area contributed by atoms with Crippen molar-refractivity contribution in [2.75, 3.05) is 6.61 Å². The quantitative estimate of drug-likeness (QED) is 0.606. The Bertz CT molecular complexity index is 858. The fourth-order valence-corrected chi connectivity index (χ4v) is 3.51. The minimum atomic E-state index is -0.595. The molecular weight excluding hydrogens is 348 g/mol. The minimum absolute atomic E-state index is 0.242. The van der Waals surface area contributed by atoms with Crippen molar-refractivity contribution in [2.24, 2.45) is 0 Å². The molecule has 1 N–H and O–H groups in total. The summed E-state index contributed by atoms with van der Waals surface area (Å²) in [4.78, 5) is 0. The van der Waals surface area contributed by atoms with E-state index in [0.29, 0.717) is 17.3 Å². The SMILES string of the molecule is CCCc1n(CC)c2ccccc2[n+]1C[C@H](O)COc1ccc(Cl)cc1. The van der Waals surface area contributed by atoms with E-state index in [2.05, 4.69) is 41.2 Å². The van der Waals surface area contributed by atoms with Crippen molar-refractivity contribution in [3.8, 4) is 5.75 Å². The normalized spacial score (nSPS) is 12.5. The Hall–Kier alpha value is -2.04. The molecule has 1 aromatic heterocycles. The molecule has 26 heavy (non-hydrogen) atoms. The lowest BCUT2D eigenvalue weighted by molar-refractivity contribution is -0.687. The first-order chi connectivity index (χ1) is 12.6. The second kappa shape index (κ2) is 8.56. The lowest BCUT2D eigenvalue weighted by atomic mass is 10.3. The average molecular weight is 374 g/mol. The maximum Gasteiger partial charge on any atom is 0.257 e. The number of hydrogen-bond acceptors (Lipinski definition) is 2. The Morgan fingerprint density at radius 3 is 2.54 bits per heavy atom. The fraction of sp³-hybridized carbons (Fsp3) is 0.381. The molecule has 0 aliphatic rings. The van der Waals surface area contributed by atoms with E-state index >= 15 is 0 Å². The van der Waals surface area contributed by atoms with Gasteiger partial charge < -0.3 is 9.84 Å². The van der Waals surface area contributed by atoms with E-state index in [9.17, 15) is 5.11 Å². The standard InChI is InChI=1S/C21H26ClN2O2/c1-3-7-21-23(4-2)19-8-5-6-9-20(19)24(21)14-17(25)15-26-18-12-10-16(22)11-13-18/h5-6,8-13,17,25H,3-4,7,14-15H2,1-2H3/q+1/t17-/m0/s1. The molecule has 4 nitrogen and oxygen atoms in total. The predicted molar refractivity (Wildman–Crippen MR) is 105 cm³/mol. The van der Waals surface area contributed by atoms with Crippen molar-refractivity contribution in [1.29, 1.82) is 0 Å². The van der Waals surface area contributed by atoms with Crippen molar-refractivity contribution in [3.63, 3.8) is 0 Å². The van der Waals surface area contributed by atoms with Gasteiger partial charge in [-0.3, -0.25) is 0 Å². The third-order valence-electron chi connectivity index (χ3n) is 4.53. The van der Waals surface area contributed by atoms with Crippen molar-refractivity contribution in [2.45, 2.75) is 45.9 Å². The van der Waals surface area contributed by atoms with Gasteiger partial charge in [-0.25, -0.2) is 9.13 Å². The molecule has 0 saturated carbocycles. The number of halogens is 1. The minimum Gasteiger partial charge on any atom is -0.491 e. The van der Waals surface area contributed by atoms with Crippen molar-refractivity contribution in [3.05, 3.63) is 59.4 Å². The van der Waals surface area contributed by atoms with Crippen LogP contribution in [0.25, 0.3) is 11.0 Å². The Kier molecular flexibility index (Phi) is 6.17. The Morgan fingerprint density at radius 1 is 1.12 bits per heavy atom. The van der Waals surface area contributed by atoms with Crippen molar-refractivity contribution in [1.82, 2.24) is 4.57 Å². The molecule has 1 heterocycles. The summed E-state index contributed by atoms with van der Waals surface area (Å²) in [7, 11) is 0. The number of aromatic nitrogens is 2. The molecule has 0 fully saturated rings. The van der Waals surface area contributed by atoms with E-state index < -0.39 is 6.10 Å². The van der Waals surface area contributed by atoms with E-state index in [1.54, 1.807) is 12.1 Å². The van der Waals surface area contributed by atoms with E-state index in [-0.39, 0.29) is 6.61 Å². The number of ether oxygens (including phenoxy) is 1. The molecule has 3 rings (SSSR count). The molecule has 0 spiro atoms. The molecule has 1 atom stereocenters. The molecular formula is C21H26ClN2O2+. The van der Waals surface area contributed by atoms with Gasteiger partial charge in [0.1, 0.15) is 25.0 Å². The van der Waals surface area contributed by atoms with Crippen LogP contribution in [0, 0.1) is 0 Å². The third kappa shape index (κ3) is 4.02. The lowest BCUT2D eigenvalue weighted by Crippen LogP contribution is -2.45. The highest BCUT2D eigenvalue weighted by molar-refractivity contribution is 6.30. The van der Waals surface area contributed by atoms with Gasteiger partial charge in [-0.15, -0.1) is 0 Å². The molecule has 0 aliphatic carbocycles. The summed E-state index contributed by atoms with van der Waals surface area (Å²) in [6, 6.07) is 15.6. The number of aryl methyl sites for hydroxylation is 1. The van der Waals surface area contributed by atoms with Crippen molar-refractivity contribution < 1.29 is 14.4 Å². The van der Waals surface area contributed by atoms with Gasteiger partial charge in [-0.05, 0) is 49.7 Å². The highest BCUT2D eigenvalue weighted by Gasteiger charge is 2.25. The zero-order valence-corrected chi connectivity index (χ0v) is 16.1. The van der Waals surface area contributed by atoms with Gasteiger partial charge in [0.15, 0.2) is 11.0 Å². The second-order valence-electron chi connectivity index (χ2n) is 6.43. The molecule has 0 radical (unpaired) electrons. The Morgan fingerprint density at radius 2 is 1.85 bits per heavy atom. The third-order valence-corrected chi connectivity index (χ3v) is 4.78. The maximum atomic E-state index is 10.6.